The van der Waals surface area contributed by atoms with Gasteiger partial charge in [0.25, 0.3) is 0 Å². The minimum atomic E-state index is -0.254. The van der Waals surface area contributed by atoms with E-state index in [9.17, 15) is 4.79 Å². The Morgan fingerprint density at radius 2 is 2.17 bits per heavy atom. The number of hydrogen-bond acceptors (Lipinski definition) is 3. The number of nitrogens with two attached hydrogens (primary N) is 1. The van der Waals surface area contributed by atoms with Crippen molar-refractivity contribution in [2.45, 2.75) is 32.4 Å². The monoisotopic (exact) mass is 267 g/mol. The third kappa shape index (κ3) is 5.00. The first-order valence-electron chi connectivity index (χ1n) is 6.11. The Morgan fingerprint density at radius 3 is 2.83 bits per heavy atom. The zero-order chi connectivity index (χ0) is 13.5. The lowest BCUT2D eigenvalue weighted by Gasteiger charge is -2.10. The van der Waals surface area contributed by atoms with Crippen LogP contribution < -0.4 is 10.5 Å². The summed E-state index contributed by atoms with van der Waals surface area (Å²) in [6.07, 6.45) is 0.912. The Bertz CT molecular complexity index is 407. The summed E-state index contributed by atoms with van der Waals surface area (Å²) < 4.78 is 5.73. The van der Waals surface area contributed by atoms with E-state index in [1.54, 1.807) is 11.8 Å². The van der Waals surface area contributed by atoms with Gasteiger partial charge in [0.2, 0.25) is 5.91 Å². The van der Waals surface area contributed by atoms with Crippen LogP contribution >= 0.6 is 11.8 Å². The minimum Gasteiger partial charge on any atom is -0.493 e. The van der Waals surface area contributed by atoms with Crippen molar-refractivity contribution in [2.75, 3.05) is 12.4 Å². The predicted octanol–water partition coefficient (Wildman–Crippen LogP) is 2.68. The molecule has 1 unspecified atom stereocenters. The molecule has 18 heavy (non-hydrogen) atoms. The summed E-state index contributed by atoms with van der Waals surface area (Å²) >= 11 is 1.57. The first kappa shape index (κ1) is 14.9. The maximum atomic E-state index is 10.8. The van der Waals surface area contributed by atoms with Gasteiger partial charge in [-0.3, -0.25) is 4.79 Å². The number of rotatable bonds is 7. The van der Waals surface area contributed by atoms with Crippen LogP contribution in [0.3, 0.4) is 0 Å². The van der Waals surface area contributed by atoms with Gasteiger partial charge in [-0.25, -0.2) is 0 Å². The van der Waals surface area contributed by atoms with Crippen LogP contribution in [-0.4, -0.2) is 23.5 Å². The maximum Gasteiger partial charge on any atom is 0.230 e. The van der Waals surface area contributed by atoms with Crippen LogP contribution in [0.5, 0.6) is 5.75 Å². The van der Waals surface area contributed by atoms with Gasteiger partial charge in [0.1, 0.15) is 5.75 Å². The van der Waals surface area contributed by atoms with Gasteiger partial charge in [-0.2, -0.15) is 0 Å². The third-order valence-corrected chi connectivity index (χ3v) is 3.92. The molecule has 0 aromatic heterocycles. The molecule has 1 aromatic rings. The van der Waals surface area contributed by atoms with E-state index in [2.05, 4.69) is 25.1 Å². The van der Waals surface area contributed by atoms with Crippen LogP contribution in [0.2, 0.25) is 0 Å². The number of thioether (sulfide) groups is 1. The van der Waals surface area contributed by atoms with Crippen LogP contribution in [-0.2, 0) is 4.79 Å². The van der Waals surface area contributed by atoms with E-state index in [-0.39, 0.29) is 11.2 Å². The van der Waals surface area contributed by atoms with E-state index in [1.165, 1.54) is 5.56 Å². The molecule has 1 atom stereocenters. The molecular weight excluding hydrogens is 246 g/mol. The average molecular weight is 267 g/mol. The largest absolute Gasteiger partial charge is 0.493 e. The van der Waals surface area contributed by atoms with Crippen LogP contribution in [0, 0.1) is 13.8 Å². The number of amides is 1. The standard InChI is InChI=1S/C14H21NO2S/c1-10-5-6-11(2)13(9-10)17-7-4-8-18-12(3)14(15)16/h5-6,9,12H,4,7-8H2,1-3H3,(H2,15,16). The van der Waals surface area contributed by atoms with Crippen LogP contribution in [0.4, 0.5) is 0 Å². The summed E-state index contributed by atoms with van der Waals surface area (Å²) in [5.41, 5.74) is 7.54. The van der Waals surface area contributed by atoms with Gasteiger partial charge < -0.3 is 10.5 Å². The Balaban J connectivity index is 2.26. The second-order valence-electron chi connectivity index (χ2n) is 4.39. The molecule has 0 spiro atoms. The maximum absolute atomic E-state index is 10.8. The highest BCUT2D eigenvalue weighted by Gasteiger charge is 2.08. The molecular formula is C14H21NO2S. The minimum absolute atomic E-state index is 0.120. The Kier molecular flexibility index (Phi) is 6.05. The van der Waals surface area contributed by atoms with E-state index < -0.39 is 0 Å². The highest BCUT2D eigenvalue weighted by molar-refractivity contribution is 8.00. The van der Waals surface area contributed by atoms with Gasteiger partial charge in [0.15, 0.2) is 0 Å². The Labute approximate surface area is 113 Å². The summed E-state index contributed by atoms with van der Waals surface area (Å²) in [7, 11) is 0. The third-order valence-electron chi connectivity index (χ3n) is 2.66. The number of aryl methyl sites for hydroxylation is 2. The fourth-order valence-electron chi connectivity index (χ4n) is 1.45. The Morgan fingerprint density at radius 1 is 1.44 bits per heavy atom. The number of carbonyl (C=O) groups excluding carboxylic acids is 1. The SMILES string of the molecule is Cc1ccc(C)c(OCCCSC(C)C(N)=O)c1. The van der Waals surface area contributed by atoms with Crippen LogP contribution in [0.25, 0.3) is 0 Å². The number of benzene rings is 1. The molecule has 1 amide bonds. The zero-order valence-corrected chi connectivity index (χ0v) is 12.0. The molecule has 3 nitrogen and oxygen atoms in total. The number of carbonyl (C=O) groups is 1. The van der Waals surface area contributed by atoms with Gasteiger partial charge in [-0.15, -0.1) is 11.8 Å². The molecule has 0 aliphatic rings. The quantitative estimate of drug-likeness (QED) is 0.773. The Hall–Kier alpha value is -1.16. The van der Waals surface area contributed by atoms with Crippen LogP contribution in [0.1, 0.15) is 24.5 Å². The smallest absolute Gasteiger partial charge is 0.230 e. The van der Waals surface area contributed by atoms with Gasteiger partial charge in [0.05, 0.1) is 11.9 Å². The van der Waals surface area contributed by atoms with E-state index in [4.69, 9.17) is 10.5 Å². The molecule has 0 saturated carbocycles. The van der Waals surface area contributed by atoms with Crippen molar-refractivity contribution in [2.24, 2.45) is 5.73 Å². The van der Waals surface area contributed by atoms with E-state index >= 15 is 0 Å². The van der Waals surface area contributed by atoms with Gasteiger partial charge >= 0.3 is 0 Å². The lowest BCUT2D eigenvalue weighted by Crippen LogP contribution is -2.23. The van der Waals surface area contributed by atoms with E-state index in [1.807, 2.05) is 13.8 Å². The fourth-order valence-corrected chi connectivity index (χ4v) is 2.25. The number of primary amides is 1. The van der Waals surface area contributed by atoms with Crippen molar-refractivity contribution in [1.82, 2.24) is 0 Å². The molecule has 4 heteroatoms. The molecule has 2 N–H and O–H groups in total. The molecule has 0 aliphatic carbocycles. The normalized spacial score (nSPS) is 12.2. The molecule has 0 bridgehead atoms. The highest BCUT2D eigenvalue weighted by atomic mass is 32.2. The molecule has 100 valence electrons. The average Bonchev–Trinajstić information content (AvgIpc) is 2.32. The van der Waals surface area contributed by atoms with E-state index in [0.29, 0.717) is 6.61 Å². The number of hydrogen-bond donors (Lipinski definition) is 1. The van der Waals surface area contributed by atoms with Gasteiger partial charge in [-0.05, 0) is 50.1 Å². The molecule has 1 rings (SSSR count). The lowest BCUT2D eigenvalue weighted by molar-refractivity contribution is -0.117. The summed E-state index contributed by atoms with van der Waals surface area (Å²) in [6, 6.07) is 6.19. The van der Waals surface area contributed by atoms with Crippen molar-refractivity contribution in [3.63, 3.8) is 0 Å². The van der Waals surface area contributed by atoms with Crippen molar-refractivity contribution in [3.05, 3.63) is 29.3 Å². The summed E-state index contributed by atoms with van der Waals surface area (Å²) in [6.45, 7) is 6.59. The topological polar surface area (TPSA) is 52.3 Å². The summed E-state index contributed by atoms with van der Waals surface area (Å²) in [5.74, 6) is 1.58. The predicted molar refractivity (Wildman–Crippen MR) is 77.1 cm³/mol. The van der Waals surface area contributed by atoms with Crippen molar-refractivity contribution < 1.29 is 9.53 Å². The van der Waals surface area contributed by atoms with Crippen molar-refractivity contribution >= 4 is 17.7 Å². The van der Waals surface area contributed by atoms with Gasteiger partial charge in [-0.1, -0.05) is 12.1 Å². The molecule has 0 saturated heterocycles. The molecule has 0 aliphatic heterocycles. The fraction of sp³-hybridized carbons (Fsp3) is 0.500. The molecule has 0 radical (unpaired) electrons. The number of ether oxygens (including phenoxy) is 1. The first-order valence-corrected chi connectivity index (χ1v) is 7.16. The second-order valence-corrected chi connectivity index (χ2v) is 5.84. The lowest BCUT2D eigenvalue weighted by atomic mass is 10.1. The highest BCUT2D eigenvalue weighted by Crippen LogP contribution is 2.19. The van der Waals surface area contributed by atoms with Gasteiger partial charge in [0, 0.05) is 0 Å². The molecule has 0 heterocycles. The van der Waals surface area contributed by atoms with Crippen LogP contribution in [0.15, 0.2) is 18.2 Å². The van der Waals surface area contributed by atoms with Crippen molar-refractivity contribution in [1.29, 1.82) is 0 Å². The van der Waals surface area contributed by atoms with Crippen molar-refractivity contribution in [3.8, 4) is 5.75 Å². The van der Waals surface area contributed by atoms with E-state index in [0.717, 1.165) is 23.5 Å². The molecule has 0 fully saturated rings. The zero-order valence-electron chi connectivity index (χ0n) is 11.2. The first-order chi connectivity index (χ1) is 8.50. The summed E-state index contributed by atoms with van der Waals surface area (Å²) in [5, 5.41) is -0.120. The summed E-state index contributed by atoms with van der Waals surface area (Å²) in [4.78, 5) is 10.8. The molecule has 1 aromatic carbocycles. The second kappa shape index (κ2) is 7.31.